The van der Waals surface area contributed by atoms with Gasteiger partial charge in [-0.1, -0.05) is 58.2 Å². The number of hydrogen-bond donors (Lipinski definition) is 0. The molecule has 0 saturated heterocycles. The molecule has 0 bridgehead atoms. The number of hydrogen-bond acceptors (Lipinski definition) is 3. The molecule has 0 N–H and O–H groups in total. The topological polar surface area (TPSA) is 35.5 Å². The normalized spacial score (nSPS) is 20.0. The van der Waals surface area contributed by atoms with E-state index < -0.39 is 19.3 Å². The van der Waals surface area contributed by atoms with Crippen LogP contribution in [0.2, 0.25) is 24.2 Å². The van der Waals surface area contributed by atoms with Crippen molar-refractivity contribution in [2.24, 2.45) is 5.92 Å². The highest BCUT2D eigenvalue weighted by atomic mass is 28.3. The Kier molecular flexibility index (Phi) is 8.15. The van der Waals surface area contributed by atoms with E-state index in [4.69, 9.17) is 9.78 Å². The average Bonchev–Trinajstić information content (AvgIpc) is 2.57. The van der Waals surface area contributed by atoms with Crippen LogP contribution in [0.4, 0.5) is 0 Å². The molecule has 1 fully saturated rings. The zero-order valence-electron chi connectivity index (χ0n) is 17.2. The molecule has 0 radical (unpaired) electrons. The van der Waals surface area contributed by atoms with Crippen LogP contribution < -0.4 is 0 Å². The molecule has 1 unspecified atom stereocenters. The van der Waals surface area contributed by atoms with E-state index in [2.05, 4.69) is 20.8 Å². The van der Waals surface area contributed by atoms with Crippen LogP contribution in [0, 0.1) is 5.92 Å². The Morgan fingerprint density at radius 1 is 0.917 bits per heavy atom. The fourth-order valence-electron chi connectivity index (χ4n) is 4.01. The maximum absolute atomic E-state index is 13.4. The molecule has 0 amide bonds. The number of ketones is 1. The number of Topliss-reactive ketones (excluding diaryl/α,β-unsaturated/α-hetero) is 1. The van der Waals surface area contributed by atoms with Gasteiger partial charge in [-0.25, -0.2) is 9.78 Å². The Hall–Kier alpha value is -0.193. The first-order chi connectivity index (χ1) is 11.1. The first kappa shape index (κ1) is 21.8. The second-order valence-electron chi connectivity index (χ2n) is 8.95. The van der Waals surface area contributed by atoms with Gasteiger partial charge in [0.2, 0.25) is 0 Å². The minimum absolute atomic E-state index is 0.157. The molecule has 1 atom stereocenters. The van der Waals surface area contributed by atoms with Crippen molar-refractivity contribution < 1.29 is 14.6 Å². The summed E-state index contributed by atoms with van der Waals surface area (Å²) in [6, 6.07) is 4.49. The highest BCUT2D eigenvalue weighted by Crippen LogP contribution is 2.38. The van der Waals surface area contributed by atoms with E-state index in [0.717, 1.165) is 18.9 Å². The summed E-state index contributed by atoms with van der Waals surface area (Å²) in [7, 11) is -1.50. The Morgan fingerprint density at radius 2 is 1.42 bits per heavy atom. The molecular weight excluding hydrogens is 316 g/mol. The molecule has 1 rings (SSSR count). The maximum atomic E-state index is 13.4. The van der Waals surface area contributed by atoms with Gasteiger partial charge in [-0.3, -0.25) is 4.79 Å². The van der Waals surface area contributed by atoms with E-state index in [1.165, 1.54) is 37.4 Å². The van der Waals surface area contributed by atoms with Gasteiger partial charge in [-0.15, -0.1) is 0 Å². The fourth-order valence-corrected chi connectivity index (χ4v) is 7.93. The Labute approximate surface area is 150 Å². The molecule has 0 aromatic carbocycles. The van der Waals surface area contributed by atoms with E-state index in [-0.39, 0.29) is 5.92 Å². The van der Waals surface area contributed by atoms with Gasteiger partial charge in [-0.05, 0) is 46.6 Å². The van der Waals surface area contributed by atoms with Crippen LogP contribution in [-0.4, -0.2) is 25.1 Å². The van der Waals surface area contributed by atoms with Crippen LogP contribution >= 0.6 is 0 Å². The SMILES string of the molecule is CC[Si](CC)(CC)CC(C)(OOC(C)(C)C)C(=O)C1CCCCC1. The first-order valence-electron chi connectivity index (χ1n) is 10.0. The van der Waals surface area contributed by atoms with E-state index in [1.807, 2.05) is 27.7 Å². The smallest absolute Gasteiger partial charge is 0.170 e. The molecule has 24 heavy (non-hydrogen) atoms. The molecule has 0 aliphatic heterocycles. The van der Waals surface area contributed by atoms with Gasteiger partial charge in [0.05, 0.1) is 13.7 Å². The molecule has 1 aliphatic carbocycles. The van der Waals surface area contributed by atoms with Gasteiger partial charge in [0.1, 0.15) is 0 Å². The predicted octanol–water partition coefficient (Wildman–Crippen LogP) is 6.15. The third kappa shape index (κ3) is 5.96. The Balaban J connectivity index is 3.02. The van der Waals surface area contributed by atoms with Crippen LogP contribution in [-0.2, 0) is 14.6 Å². The second-order valence-corrected chi connectivity index (χ2v) is 14.4. The first-order valence-corrected chi connectivity index (χ1v) is 12.9. The minimum atomic E-state index is -1.50. The highest BCUT2D eigenvalue weighted by Gasteiger charge is 2.46. The molecule has 0 heterocycles. The highest BCUT2D eigenvalue weighted by molar-refractivity contribution is 6.80. The van der Waals surface area contributed by atoms with Crippen molar-refractivity contribution in [3.63, 3.8) is 0 Å². The Morgan fingerprint density at radius 3 is 1.83 bits per heavy atom. The van der Waals surface area contributed by atoms with Crippen molar-refractivity contribution in [2.45, 2.75) is 116 Å². The lowest BCUT2D eigenvalue weighted by molar-refractivity contribution is -0.387. The monoisotopic (exact) mass is 356 g/mol. The Bertz CT molecular complexity index is 384. The summed E-state index contributed by atoms with van der Waals surface area (Å²) in [5, 5.41) is 0. The van der Waals surface area contributed by atoms with Crippen molar-refractivity contribution in [1.29, 1.82) is 0 Å². The van der Waals surface area contributed by atoms with E-state index in [0.29, 0.717) is 5.78 Å². The predicted molar refractivity (Wildman–Crippen MR) is 104 cm³/mol. The van der Waals surface area contributed by atoms with Crippen molar-refractivity contribution >= 4 is 13.9 Å². The van der Waals surface area contributed by atoms with Crippen LogP contribution in [0.5, 0.6) is 0 Å². The summed E-state index contributed by atoms with van der Waals surface area (Å²) >= 11 is 0. The summed E-state index contributed by atoms with van der Waals surface area (Å²) in [6.45, 7) is 14.8. The largest absolute Gasteiger partial charge is 0.296 e. The third-order valence-corrected chi connectivity index (χ3v) is 11.9. The average molecular weight is 357 g/mol. The molecule has 1 aliphatic rings. The standard InChI is InChI=1S/C20H40O3Si/c1-8-24(9-2,10-3)16-20(7,23-22-19(4,5)6)18(21)17-14-12-11-13-15-17/h17H,8-16H2,1-7H3. The quantitative estimate of drug-likeness (QED) is 0.282. The van der Waals surface area contributed by atoms with Crippen molar-refractivity contribution in [3.05, 3.63) is 0 Å². The second kappa shape index (κ2) is 8.95. The van der Waals surface area contributed by atoms with E-state index in [1.54, 1.807) is 0 Å². The van der Waals surface area contributed by atoms with Gasteiger partial charge in [0.25, 0.3) is 0 Å². The van der Waals surface area contributed by atoms with Crippen LogP contribution in [0.25, 0.3) is 0 Å². The number of carbonyl (C=O) groups is 1. The summed E-state index contributed by atoms with van der Waals surface area (Å²) in [6.07, 6.45) is 5.64. The molecule has 3 nitrogen and oxygen atoms in total. The molecule has 0 aromatic heterocycles. The lowest BCUT2D eigenvalue weighted by atomic mass is 9.81. The van der Waals surface area contributed by atoms with Gasteiger partial charge in [0, 0.05) is 5.92 Å². The summed E-state index contributed by atoms with van der Waals surface area (Å²) in [5.74, 6) is 0.447. The fraction of sp³-hybridized carbons (Fsp3) is 0.950. The van der Waals surface area contributed by atoms with Gasteiger partial charge < -0.3 is 0 Å². The molecule has 4 heteroatoms. The number of rotatable bonds is 9. The zero-order chi connectivity index (χ0) is 18.4. The van der Waals surface area contributed by atoms with Crippen molar-refractivity contribution in [2.75, 3.05) is 0 Å². The van der Waals surface area contributed by atoms with Crippen molar-refractivity contribution in [1.82, 2.24) is 0 Å². The summed E-state index contributed by atoms with van der Waals surface area (Å²) < 4.78 is 0. The van der Waals surface area contributed by atoms with Gasteiger partial charge in [0.15, 0.2) is 11.4 Å². The molecule has 142 valence electrons. The summed E-state index contributed by atoms with van der Waals surface area (Å²) in [4.78, 5) is 25.0. The van der Waals surface area contributed by atoms with Crippen molar-refractivity contribution in [3.8, 4) is 0 Å². The summed E-state index contributed by atoms with van der Waals surface area (Å²) in [5.41, 5.74) is -1.19. The lowest BCUT2D eigenvalue weighted by Gasteiger charge is -2.40. The minimum Gasteiger partial charge on any atom is -0.296 e. The van der Waals surface area contributed by atoms with Crippen LogP contribution in [0.15, 0.2) is 0 Å². The molecule has 0 aromatic rings. The lowest BCUT2D eigenvalue weighted by Crippen LogP contribution is -2.51. The molecule has 0 spiro atoms. The van der Waals surface area contributed by atoms with Gasteiger partial charge >= 0.3 is 0 Å². The third-order valence-electron chi connectivity index (χ3n) is 5.94. The van der Waals surface area contributed by atoms with Crippen LogP contribution in [0.3, 0.4) is 0 Å². The molecule has 1 saturated carbocycles. The zero-order valence-corrected chi connectivity index (χ0v) is 18.2. The van der Waals surface area contributed by atoms with Gasteiger partial charge in [-0.2, -0.15) is 0 Å². The van der Waals surface area contributed by atoms with E-state index in [9.17, 15) is 4.79 Å². The van der Waals surface area contributed by atoms with Crippen LogP contribution in [0.1, 0.15) is 80.6 Å². The number of carbonyl (C=O) groups excluding carboxylic acids is 1. The van der Waals surface area contributed by atoms with E-state index >= 15 is 0 Å². The maximum Gasteiger partial charge on any atom is 0.170 e. The molecular formula is C20H40O3Si.